The van der Waals surface area contributed by atoms with E-state index in [4.69, 9.17) is 11.6 Å². The van der Waals surface area contributed by atoms with Crippen molar-refractivity contribution in [3.8, 4) is 0 Å². The Morgan fingerprint density at radius 3 is 3.27 bits per heavy atom. The fourth-order valence-corrected chi connectivity index (χ4v) is 1.39. The molecule has 0 aromatic carbocycles. The lowest BCUT2D eigenvalue weighted by Crippen LogP contribution is -2.24. The Hall–Kier alpha value is -0.670. The van der Waals surface area contributed by atoms with Gasteiger partial charge in [0.1, 0.15) is 0 Å². The summed E-state index contributed by atoms with van der Waals surface area (Å²) in [6, 6.07) is 1.87. The summed E-state index contributed by atoms with van der Waals surface area (Å²) in [5.74, 6) is 0. The van der Waals surface area contributed by atoms with Gasteiger partial charge < -0.3 is 5.32 Å². The SMILES string of the molecule is Clc1cc2c(nn1)CCNC2. The molecule has 11 heavy (non-hydrogen) atoms. The predicted molar refractivity (Wildman–Crippen MR) is 42.5 cm³/mol. The van der Waals surface area contributed by atoms with E-state index in [1.165, 1.54) is 5.56 Å². The molecule has 0 atom stereocenters. The van der Waals surface area contributed by atoms with Gasteiger partial charge in [0.15, 0.2) is 5.15 Å². The fourth-order valence-electron chi connectivity index (χ4n) is 1.22. The molecular formula is C7H8ClN3. The summed E-state index contributed by atoms with van der Waals surface area (Å²) in [4.78, 5) is 0. The van der Waals surface area contributed by atoms with Gasteiger partial charge in [0.25, 0.3) is 0 Å². The van der Waals surface area contributed by atoms with Crippen LogP contribution in [0.4, 0.5) is 0 Å². The highest BCUT2D eigenvalue weighted by atomic mass is 35.5. The number of nitrogens with zero attached hydrogens (tertiary/aromatic N) is 2. The molecular weight excluding hydrogens is 162 g/mol. The number of rotatable bonds is 0. The molecule has 0 amide bonds. The molecule has 4 heteroatoms. The minimum absolute atomic E-state index is 0.479. The molecule has 1 aliphatic heterocycles. The van der Waals surface area contributed by atoms with Crippen LogP contribution in [0.25, 0.3) is 0 Å². The van der Waals surface area contributed by atoms with Crippen LogP contribution in [-0.2, 0) is 13.0 Å². The van der Waals surface area contributed by atoms with Crippen molar-refractivity contribution >= 4 is 11.6 Å². The van der Waals surface area contributed by atoms with Crippen LogP contribution in [-0.4, -0.2) is 16.7 Å². The van der Waals surface area contributed by atoms with Gasteiger partial charge in [0.2, 0.25) is 0 Å². The van der Waals surface area contributed by atoms with E-state index in [1.807, 2.05) is 6.07 Å². The largest absolute Gasteiger partial charge is 0.312 e. The van der Waals surface area contributed by atoms with Gasteiger partial charge in [-0.25, -0.2) is 0 Å². The van der Waals surface area contributed by atoms with Crippen LogP contribution in [0.15, 0.2) is 6.07 Å². The average Bonchev–Trinajstić information content (AvgIpc) is 2.04. The second kappa shape index (κ2) is 2.75. The zero-order valence-corrected chi connectivity index (χ0v) is 6.73. The number of fused-ring (bicyclic) bond motifs is 1. The van der Waals surface area contributed by atoms with E-state index in [0.717, 1.165) is 25.2 Å². The Balaban J connectivity index is 2.43. The molecule has 0 radical (unpaired) electrons. The summed E-state index contributed by atoms with van der Waals surface area (Å²) in [6.45, 7) is 1.86. The molecule has 2 rings (SSSR count). The molecule has 0 bridgehead atoms. The van der Waals surface area contributed by atoms with E-state index >= 15 is 0 Å². The monoisotopic (exact) mass is 169 g/mol. The Labute approximate surface area is 69.8 Å². The maximum Gasteiger partial charge on any atom is 0.152 e. The number of hydrogen-bond donors (Lipinski definition) is 1. The van der Waals surface area contributed by atoms with Gasteiger partial charge in [-0.3, -0.25) is 0 Å². The van der Waals surface area contributed by atoms with E-state index in [9.17, 15) is 0 Å². The summed E-state index contributed by atoms with van der Waals surface area (Å²) in [5, 5.41) is 11.5. The summed E-state index contributed by atoms with van der Waals surface area (Å²) in [6.07, 6.45) is 0.958. The lowest BCUT2D eigenvalue weighted by molar-refractivity contribution is 0.620. The third kappa shape index (κ3) is 1.34. The van der Waals surface area contributed by atoms with Crippen LogP contribution in [0.5, 0.6) is 0 Å². The van der Waals surface area contributed by atoms with E-state index in [2.05, 4.69) is 15.5 Å². The fraction of sp³-hybridized carbons (Fsp3) is 0.429. The highest BCUT2D eigenvalue weighted by Crippen LogP contribution is 2.13. The second-order valence-electron chi connectivity index (χ2n) is 2.57. The van der Waals surface area contributed by atoms with Gasteiger partial charge in [-0.1, -0.05) is 11.6 Å². The van der Waals surface area contributed by atoms with Crippen molar-refractivity contribution in [2.45, 2.75) is 13.0 Å². The second-order valence-corrected chi connectivity index (χ2v) is 2.95. The number of halogens is 1. The van der Waals surface area contributed by atoms with Crippen LogP contribution in [0.1, 0.15) is 11.3 Å². The first-order valence-electron chi connectivity index (χ1n) is 3.58. The summed E-state index contributed by atoms with van der Waals surface area (Å²) in [5.41, 5.74) is 2.25. The quantitative estimate of drug-likeness (QED) is 0.624. The highest BCUT2D eigenvalue weighted by molar-refractivity contribution is 6.29. The van der Waals surface area contributed by atoms with Crippen LogP contribution in [0.3, 0.4) is 0 Å². The van der Waals surface area contributed by atoms with Crippen LogP contribution >= 0.6 is 11.6 Å². The molecule has 0 aliphatic carbocycles. The number of aromatic nitrogens is 2. The van der Waals surface area contributed by atoms with Crippen molar-refractivity contribution in [2.24, 2.45) is 0 Å². The lowest BCUT2D eigenvalue weighted by atomic mass is 10.1. The van der Waals surface area contributed by atoms with Crippen LogP contribution in [0, 0.1) is 0 Å². The molecule has 3 nitrogen and oxygen atoms in total. The topological polar surface area (TPSA) is 37.8 Å². The first-order chi connectivity index (χ1) is 5.36. The van der Waals surface area contributed by atoms with Gasteiger partial charge in [-0.2, -0.15) is 5.10 Å². The summed E-state index contributed by atoms with van der Waals surface area (Å²) < 4.78 is 0. The van der Waals surface area contributed by atoms with E-state index in [-0.39, 0.29) is 0 Å². The molecule has 0 unspecified atom stereocenters. The molecule has 0 fully saturated rings. The standard InChI is InChI=1S/C7H8ClN3/c8-7-3-5-4-9-2-1-6(5)10-11-7/h3,9H,1-2,4H2. The number of hydrogen-bond acceptors (Lipinski definition) is 3. The van der Waals surface area contributed by atoms with Crippen molar-refractivity contribution in [1.29, 1.82) is 0 Å². The van der Waals surface area contributed by atoms with Crippen molar-refractivity contribution in [3.63, 3.8) is 0 Å². The predicted octanol–water partition coefficient (Wildman–Crippen LogP) is 0.776. The van der Waals surface area contributed by atoms with Crippen molar-refractivity contribution in [2.75, 3.05) is 6.54 Å². The molecule has 1 N–H and O–H groups in total. The Bertz CT molecular complexity index is 274. The first kappa shape index (κ1) is 7.00. The van der Waals surface area contributed by atoms with Crippen molar-refractivity contribution in [1.82, 2.24) is 15.5 Å². The molecule has 0 spiro atoms. The van der Waals surface area contributed by atoms with Gasteiger partial charge in [0.05, 0.1) is 5.69 Å². The third-order valence-electron chi connectivity index (χ3n) is 1.78. The zero-order chi connectivity index (χ0) is 7.68. The normalized spacial score (nSPS) is 16.1. The summed E-state index contributed by atoms with van der Waals surface area (Å²) in [7, 11) is 0. The smallest absolute Gasteiger partial charge is 0.152 e. The van der Waals surface area contributed by atoms with E-state index < -0.39 is 0 Å². The van der Waals surface area contributed by atoms with Gasteiger partial charge in [-0.15, -0.1) is 5.10 Å². The third-order valence-corrected chi connectivity index (χ3v) is 1.97. The average molecular weight is 170 g/mol. The minimum Gasteiger partial charge on any atom is -0.312 e. The van der Waals surface area contributed by atoms with Gasteiger partial charge in [0, 0.05) is 19.5 Å². The Morgan fingerprint density at radius 1 is 1.45 bits per heavy atom. The first-order valence-corrected chi connectivity index (χ1v) is 3.96. The summed E-state index contributed by atoms with van der Waals surface area (Å²) >= 11 is 5.68. The van der Waals surface area contributed by atoms with Gasteiger partial charge >= 0.3 is 0 Å². The Morgan fingerprint density at radius 2 is 2.36 bits per heavy atom. The van der Waals surface area contributed by atoms with Crippen LogP contribution in [0.2, 0.25) is 5.15 Å². The number of nitrogens with one attached hydrogen (secondary N) is 1. The maximum atomic E-state index is 5.68. The maximum absolute atomic E-state index is 5.68. The molecule has 1 aliphatic rings. The van der Waals surface area contributed by atoms with Crippen molar-refractivity contribution in [3.05, 3.63) is 22.5 Å². The lowest BCUT2D eigenvalue weighted by Gasteiger charge is -2.14. The molecule has 1 aromatic heterocycles. The van der Waals surface area contributed by atoms with E-state index in [1.54, 1.807) is 0 Å². The molecule has 2 heterocycles. The zero-order valence-electron chi connectivity index (χ0n) is 5.97. The molecule has 0 saturated carbocycles. The molecule has 0 saturated heterocycles. The Kier molecular flexibility index (Phi) is 1.75. The van der Waals surface area contributed by atoms with Crippen molar-refractivity contribution < 1.29 is 0 Å². The van der Waals surface area contributed by atoms with Crippen LogP contribution < -0.4 is 5.32 Å². The van der Waals surface area contributed by atoms with E-state index in [0.29, 0.717) is 5.15 Å². The minimum atomic E-state index is 0.479. The highest BCUT2D eigenvalue weighted by Gasteiger charge is 2.09. The molecule has 58 valence electrons. The molecule has 1 aromatic rings. The van der Waals surface area contributed by atoms with Gasteiger partial charge in [-0.05, 0) is 11.6 Å².